The average molecular weight is 260 g/mol. The minimum Gasteiger partial charge on any atom is -0.491 e. The Hall–Kier alpha value is -1.76. The molecular weight excluding hydrogens is 249 g/mol. The zero-order chi connectivity index (χ0) is 13.3. The number of fused-ring (bicyclic) bond motifs is 1. The van der Waals surface area contributed by atoms with Crippen LogP contribution in [0.4, 0.5) is 13.2 Å². The van der Waals surface area contributed by atoms with E-state index in [1.165, 1.54) is 12.1 Å². The molecule has 0 saturated heterocycles. The van der Waals surface area contributed by atoms with Crippen LogP contribution in [-0.4, -0.2) is 25.2 Å². The number of carbonyl (C=O) groups excluding carboxylic acids is 1. The smallest absolute Gasteiger partial charge is 0.407 e. The van der Waals surface area contributed by atoms with E-state index in [-0.39, 0.29) is 23.5 Å². The van der Waals surface area contributed by atoms with Crippen molar-refractivity contribution < 1.29 is 22.7 Å². The molecule has 1 aliphatic heterocycles. The summed E-state index contributed by atoms with van der Waals surface area (Å²) in [5.41, 5.74) is 5.00. The van der Waals surface area contributed by atoms with Gasteiger partial charge in [-0.25, -0.2) is 0 Å². The summed E-state index contributed by atoms with van der Waals surface area (Å²) in [6.45, 7) is 0.595. The molecule has 98 valence electrons. The number of benzene rings is 1. The number of hydrogen-bond acceptors (Lipinski definition) is 3. The van der Waals surface area contributed by atoms with Crippen molar-refractivity contribution in [2.45, 2.75) is 12.2 Å². The fourth-order valence-corrected chi connectivity index (χ4v) is 1.65. The number of nitrogens with two attached hydrogens (primary N) is 1. The summed E-state index contributed by atoms with van der Waals surface area (Å²) in [4.78, 5) is 11.6. The zero-order valence-electron chi connectivity index (χ0n) is 9.25. The maximum Gasteiger partial charge on any atom is 0.407 e. The van der Waals surface area contributed by atoms with Crippen LogP contribution in [0.1, 0.15) is 22.0 Å². The van der Waals surface area contributed by atoms with Crippen LogP contribution >= 0.6 is 0 Å². The highest BCUT2D eigenvalue weighted by Gasteiger charge is 2.38. The van der Waals surface area contributed by atoms with Gasteiger partial charge in [0.1, 0.15) is 18.4 Å². The van der Waals surface area contributed by atoms with Gasteiger partial charge in [-0.05, 0) is 17.7 Å². The van der Waals surface area contributed by atoms with E-state index < -0.39 is 18.1 Å². The first-order valence-corrected chi connectivity index (χ1v) is 5.27. The van der Waals surface area contributed by atoms with E-state index in [2.05, 4.69) is 5.32 Å². The molecule has 0 spiro atoms. The van der Waals surface area contributed by atoms with Gasteiger partial charge in [0.2, 0.25) is 0 Å². The molecule has 0 saturated carbocycles. The van der Waals surface area contributed by atoms with E-state index >= 15 is 0 Å². The first kappa shape index (κ1) is 12.7. The Balaban J connectivity index is 2.40. The molecule has 1 aromatic rings. The van der Waals surface area contributed by atoms with Gasteiger partial charge in [0.25, 0.3) is 5.91 Å². The number of ether oxygens (including phenoxy) is 1. The van der Waals surface area contributed by atoms with Crippen molar-refractivity contribution in [3.05, 3.63) is 29.3 Å². The number of nitrogens with one attached hydrogen (secondary N) is 1. The summed E-state index contributed by atoms with van der Waals surface area (Å²) in [6, 6.07) is 1.56. The van der Waals surface area contributed by atoms with Gasteiger partial charge in [-0.1, -0.05) is 6.07 Å². The topological polar surface area (TPSA) is 64.4 Å². The minimum absolute atomic E-state index is 0.0738. The standard InChI is InChI=1S/C11H11F3N2O2/c12-11(13,14)9(15)6-1-2-8-7(5-6)10(17)16-3-4-18-8/h1-2,5,9H,3-4,15H2,(H,16,17). The summed E-state index contributed by atoms with van der Waals surface area (Å²) in [5.74, 6) is -0.193. The van der Waals surface area contributed by atoms with E-state index in [4.69, 9.17) is 10.5 Å². The van der Waals surface area contributed by atoms with E-state index in [1.807, 2.05) is 0 Å². The molecular formula is C11H11F3N2O2. The maximum absolute atomic E-state index is 12.5. The normalized spacial score (nSPS) is 17.2. The third kappa shape index (κ3) is 2.40. The fourth-order valence-electron chi connectivity index (χ4n) is 1.65. The van der Waals surface area contributed by atoms with E-state index in [0.29, 0.717) is 6.54 Å². The molecule has 1 aliphatic rings. The van der Waals surface area contributed by atoms with E-state index in [9.17, 15) is 18.0 Å². The Morgan fingerprint density at radius 2 is 2.11 bits per heavy atom. The van der Waals surface area contributed by atoms with Crippen LogP contribution in [0.5, 0.6) is 5.75 Å². The lowest BCUT2D eigenvalue weighted by Gasteiger charge is -2.17. The number of carbonyl (C=O) groups is 1. The van der Waals surface area contributed by atoms with Gasteiger partial charge in [-0.3, -0.25) is 4.79 Å². The lowest BCUT2D eigenvalue weighted by atomic mass is 10.0. The quantitative estimate of drug-likeness (QED) is 0.801. The second-order valence-corrected chi connectivity index (χ2v) is 3.88. The highest BCUT2D eigenvalue weighted by atomic mass is 19.4. The van der Waals surface area contributed by atoms with Crippen LogP contribution in [0.25, 0.3) is 0 Å². The average Bonchev–Trinajstić information content (AvgIpc) is 2.49. The predicted octanol–water partition coefficient (Wildman–Crippen LogP) is 1.37. The van der Waals surface area contributed by atoms with Crippen LogP contribution in [0.3, 0.4) is 0 Å². The molecule has 0 aliphatic carbocycles. The summed E-state index contributed by atoms with van der Waals surface area (Å²) in [5, 5.41) is 2.52. The Bertz CT molecular complexity index is 474. The third-order valence-corrected chi connectivity index (χ3v) is 2.61. The molecule has 0 bridgehead atoms. The van der Waals surface area contributed by atoms with Gasteiger partial charge in [-0.15, -0.1) is 0 Å². The number of rotatable bonds is 1. The van der Waals surface area contributed by atoms with Gasteiger partial charge in [0.05, 0.1) is 12.1 Å². The first-order chi connectivity index (χ1) is 8.39. The summed E-state index contributed by atoms with van der Waals surface area (Å²) in [7, 11) is 0. The maximum atomic E-state index is 12.5. The highest BCUT2D eigenvalue weighted by molar-refractivity contribution is 5.97. The number of alkyl halides is 3. The molecule has 1 aromatic carbocycles. The molecule has 3 N–H and O–H groups in total. The van der Waals surface area contributed by atoms with Crippen LogP contribution in [0.15, 0.2) is 18.2 Å². The molecule has 1 heterocycles. The largest absolute Gasteiger partial charge is 0.491 e. The predicted molar refractivity (Wildman–Crippen MR) is 57.3 cm³/mol. The van der Waals surface area contributed by atoms with Gasteiger partial charge in [-0.2, -0.15) is 13.2 Å². The summed E-state index contributed by atoms with van der Waals surface area (Å²) in [6.07, 6.45) is -4.55. The molecule has 1 unspecified atom stereocenters. The Labute approximate surface area is 101 Å². The van der Waals surface area contributed by atoms with E-state index in [1.54, 1.807) is 0 Å². The van der Waals surface area contributed by atoms with Crippen LogP contribution < -0.4 is 15.8 Å². The SMILES string of the molecule is NC(c1ccc2c(c1)C(=O)NCCO2)C(F)(F)F. The molecule has 0 fully saturated rings. The van der Waals surface area contributed by atoms with E-state index in [0.717, 1.165) is 6.07 Å². The van der Waals surface area contributed by atoms with Crippen LogP contribution in [-0.2, 0) is 0 Å². The van der Waals surface area contributed by atoms with Crippen LogP contribution in [0.2, 0.25) is 0 Å². The minimum atomic E-state index is -4.55. The molecule has 7 heteroatoms. The summed E-state index contributed by atoms with van der Waals surface area (Å²) < 4.78 is 42.7. The van der Waals surface area contributed by atoms with Crippen molar-refractivity contribution >= 4 is 5.91 Å². The number of hydrogen-bond donors (Lipinski definition) is 2. The third-order valence-electron chi connectivity index (χ3n) is 2.61. The Kier molecular flexibility index (Phi) is 3.16. The molecule has 18 heavy (non-hydrogen) atoms. The van der Waals surface area contributed by atoms with Gasteiger partial charge < -0.3 is 15.8 Å². The van der Waals surface area contributed by atoms with Gasteiger partial charge in [0.15, 0.2) is 0 Å². The van der Waals surface area contributed by atoms with Gasteiger partial charge in [0, 0.05) is 0 Å². The van der Waals surface area contributed by atoms with Crippen LogP contribution in [0, 0.1) is 0 Å². The first-order valence-electron chi connectivity index (χ1n) is 5.27. The van der Waals surface area contributed by atoms with Crippen molar-refractivity contribution in [3.63, 3.8) is 0 Å². The Morgan fingerprint density at radius 3 is 2.78 bits per heavy atom. The monoisotopic (exact) mass is 260 g/mol. The molecule has 1 atom stereocenters. The molecule has 2 rings (SSSR count). The van der Waals surface area contributed by atoms with Crippen molar-refractivity contribution in [1.29, 1.82) is 0 Å². The van der Waals surface area contributed by atoms with Gasteiger partial charge >= 0.3 is 6.18 Å². The molecule has 0 radical (unpaired) electrons. The molecule has 0 aromatic heterocycles. The molecule has 1 amide bonds. The highest BCUT2D eigenvalue weighted by Crippen LogP contribution is 2.33. The lowest BCUT2D eigenvalue weighted by Crippen LogP contribution is -2.29. The van der Waals surface area contributed by atoms with Crippen molar-refractivity contribution in [2.75, 3.05) is 13.2 Å². The Morgan fingerprint density at radius 1 is 1.39 bits per heavy atom. The second kappa shape index (κ2) is 4.49. The lowest BCUT2D eigenvalue weighted by molar-refractivity contribution is -0.149. The zero-order valence-corrected chi connectivity index (χ0v) is 9.25. The van der Waals surface area contributed by atoms with Crippen molar-refractivity contribution in [1.82, 2.24) is 5.32 Å². The number of halogens is 3. The summed E-state index contributed by atoms with van der Waals surface area (Å²) >= 11 is 0. The second-order valence-electron chi connectivity index (χ2n) is 3.88. The number of amides is 1. The van der Waals surface area contributed by atoms with Crippen molar-refractivity contribution in [3.8, 4) is 5.75 Å². The fraction of sp³-hybridized carbons (Fsp3) is 0.364. The van der Waals surface area contributed by atoms with Crippen molar-refractivity contribution in [2.24, 2.45) is 5.73 Å². The molecule has 4 nitrogen and oxygen atoms in total.